The lowest BCUT2D eigenvalue weighted by molar-refractivity contribution is -0.143. The zero-order valence-electron chi connectivity index (χ0n) is 36.7. The van der Waals surface area contributed by atoms with Crippen LogP contribution in [0.5, 0.6) is 0 Å². The van der Waals surface area contributed by atoms with E-state index in [-0.39, 0.29) is 18.5 Å². The predicted molar refractivity (Wildman–Crippen MR) is 236 cm³/mol. The Morgan fingerprint density at radius 3 is 1.42 bits per heavy atom. The van der Waals surface area contributed by atoms with E-state index in [0.29, 0.717) is 25.9 Å². The molecule has 0 spiro atoms. The molecule has 0 aromatic carbocycles. The topological polar surface area (TPSA) is 95.9 Å². The van der Waals surface area contributed by atoms with E-state index in [4.69, 9.17) is 4.74 Å². The molecule has 0 heterocycles. The van der Waals surface area contributed by atoms with Gasteiger partial charge in [0.25, 0.3) is 0 Å². The Kier molecular flexibility index (Phi) is 43.7. The highest BCUT2D eigenvalue weighted by Gasteiger charge is 2.20. The lowest BCUT2D eigenvalue weighted by atomic mass is 10.0. The molecule has 0 aliphatic heterocycles. The van der Waals surface area contributed by atoms with Crippen molar-refractivity contribution in [3.63, 3.8) is 0 Å². The van der Waals surface area contributed by atoms with Crippen molar-refractivity contribution in [2.75, 3.05) is 13.2 Å². The zero-order valence-corrected chi connectivity index (χ0v) is 36.7. The van der Waals surface area contributed by atoms with E-state index in [2.05, 4.69) is 43.5 Å². The van der Waals surface area contributed by atoms with Crippen molar-refractivity contribution >= 4 is 11.9 Å². The van der Waals surface area contributed by atoms with Crippen molar-refractivity contribution in [3.8, 4) is 0 Å². The van der Waals surface area contributed by atoms with E-state index in [9.17, 15) is 19.8 Å². The number of nitrogens with one attached hydrogen (secondary N) is 1. The summed E-state index contributed by atoms with van der Waals surface area (Å²) in [5.41, 5.74) is 0. The van der Waals surface area contributed by atoms with Crippen LogP contribution in [-0.2, 0) is 14.3 Å². The maximum Gasteiger partial charge on any atom is 0.305 e. The Morgan fingerprint density at radius 1 is 0.509 bits per heavy atom. The second-order valence-electron chi connectivity index (χ2n) is 16.4. The molecule has 0 fully saturated rings. The summed E-state index contributed by atoms with van der Waals surface area (Å²) in [6, 6.07) is -0.554. The standard InChI is InChI=1S/C49H93NO5/c1-3-5-7-9-11-13-15-16-17-18-19-20-23-27-31-35-39-43-49(54)55-44-40-36-32-28-24-21-22-26-30-34-38-42-48(53)50-46(45-51)47(52)41-37-33-29-25-14-12-10-8-6-4-2/h11,13,16-17,46-47,51-52H,3-10,12,14-15,18-45H2,1-2H3,(H,50,53)/b13-11-,17-16-. The summed E-state index contributed by atoms with van der Waals surface area (Å²) < 4.78 is 5.45. The number of unbranched alkanes of at least 4 members (excludes halogenated alkanes) is 29. The van der Waals surface area contributed by atoms with Gasteiger partial charge in [-0.05, 0) is 57.8 Å². The molecule has 0 saturated carbocycles. The van der Waals surface area contributed by atoms with Crippen LogP contribution < -0.4 is 5.32 Å². The van der Waals surface area contributed by atoms with Gasteiger partial charge >= 0.3 is 5.97 Å². The number of hydrogen-bond acceptors (Lipinski definition) is 5. The van der Waals surface area contributed by atoms with Gasteiger partial charge in [-0.15, -0.1) is 0 Å². The molecular weight excluding hydrogens is 683 g/mol. The van der Waals surface area contributed by atoms with Crippen LogP contribution in [0.1, 0.15) is 251 Å². The second-order valence-corrected chi connectivity index (χ2v) is 16.4. The molecule has 324 valence electrons. The first-order valence-electron chi connectivity index (χ1n) is 24.1. The summed E-state index contributed by atoms with van der Waals surface area (Å²) in [5.74, 6) is -0.0788. The van der Waals surface area contributed by atoms with Crippen LogP contribution in [0.25, 0.3) is 0 Å². The number of hydrogen-bond donors (Lipinski definition) is 3. The summed E-state index contributed by atoms with van der Waals surface area (Å²) in [6.45, 7) is 4.86. The van der Waals surface area contributed by atoms with Gasteiger partial charge in [0.1, 0.15) is 0 Å². The number of ether oxygens (including phenoxy) is 1. The van der Waals surface area contributed by atoms with Crippen LogP contribution in [0, 0.1) is 0 Å². The highest BCUT2D eigenvalue weighted by atomic mass is 16.5. The van der Waals surface area contributed by atoms with Gasteiger partial charge in [0.15, 0.2) is 0 Å². The molecule has 0 aliphatic carbocycles. The Morgan fingerprint density at radius 2 is 0.909 bits per heavy atom. The average molecular weight is 776 g/mol. The van der Waals surface area contributed by atoms with Crippen molar-refractivity contribution in [3.05, 3.63) is 24.3 Å². The monoisotopic (exact) mass is 776 g/mol. The van der Waals surface area contributed by atoms with E-state index >= 15 is 0 Å². The fourth-order valence-electron chi connectivity index (χ4n) is 7.26. The maximum atomic E-state index is 12.4. The summed E-state index contributed by atoms with van der Waals surface area (Å²) in [7, 11) is 0. The second kappa shape index (κ2) is 45.0. The Hall–Kier alpha value is -1.66. The molecule has 0 rings (SSSR count). The minimum Gasteiger partial charge on any atom is -0.466 e. The normalized spacial score (nSPS) is 12.9. The molecule has 6 heteroatoms. The molecule has 0 saturated heterocycles. The third kappa shape index (κ3) is 41.8. The first kappa shape index (κ1) is 53.3. The molecule has 6 nitrogen and oxygen atoms in total. The summed E-state index contributed by atoms with van der Waals surface area (Å²) in [4.78, 5) is 24.4. The van der Waals surface area contributed by atoms with Gasteiger partial charge < -0.3 is 20.3 Å². The Balaban J connectivity index is 3.46. The van der Waals surface area contributed by atoms with Crippen LogP contribution in [0.4, 0.5) is 0 Å². The summed E-state index contributed by atoms with van der Waals surface area (Å²) in [6.07, 6.45) is 51.3. The van der Waals surface area contributed by atoms with Gasteiger partial charge in [-0.2, -0.15) is 0 Å². The first-order valence-corrected chi connectivity index (χ1v) is 24.1. The molecule has 2 atom stereocenters. The number of carbonyl (C=O) groups excluding carboxylic acids is 2. The van der Waals surface area contributed by atoms with Gasteiger partial charge in [0.05, 0.1) is 25.4 Å². The van der Waals surface area contributed by atoms with Crippen molar-refractivity contribution in [1.82, 2.24) is 5.32 Å². The SMILES string of the molecule is CCCCC/C=C\C/C=C\CCCCCCCCCC(=O)OCCCCCCCCCCCCCC(=O)NC(CO)C(O)CCCCCCCCCCCC. The number of amides is 1. The van der Waals surface area contributed by atoms with E-state index in [1.54, 1.807) is 0 Å². The van der Waals surface area contributed by atoms with Crippen LogP contribution in [-0.4, -0.2) is 47.4 Å². The summed E-state index contributed by atoms with van der Waals surface area (Å²) in [5, 5.41) is 23.1. The smallest absolute Gasteiger partial charge is 0.305 e. The van der Waals surface area contributed by atoms with E-state index in [0.717, 1.165) is 64.2 Å². The third-order valence-corrected chi connectivity index (χ3v) is 11.0. The molecule has 0 aromatic rings. The van der Waals surface area contributed by atoms with Gasteiger partial charge in [-0.25, -0.2) is 0 Å². The zero-order chi connectivity index (χ0) is 40.1. The lowest BCUT2D eigenvalue weighted by Gasteiger charge is -2.22. The van der Waals surface area contributed by atoms with E-state index in [1.807, 2.05) is 0 Å². The molecular formula is C49H93NO5. The summed E-state index contributed by atoms with van der Waals surface area (Å²) >= 11 is 0. The van der Waals surface area contributed by atoms with Crippen molar-refractivity contribution in [2.24, 2.45) is 0 Å². The van der Waals surface area contributed by atoms with Crippen LogP contribution >= 0.6 is 0 Å². The highest BCUT2D eigenvalue weighted by molar-refractivity contribution is 5.76. The fourth-order valence-corrected chi connectivity index (χ4v) is 7.26. The van der Waals surface area contributed by atoms with E-state index in [1.165, 1.54) is 154 Å². The van der Waals surface area contributed by atoms with Crippen molar-refractivity contribution < 1.29 is 24.5 Å². The number of carbonyl (C=O) groups is 2. The minimum absolute atomic E-state index is 0.0221. The number of allylic oxidation sites excluding steroid dienone is 4. The molecule has 2 unspecified atom stereocenters. The largest absolute Gasteiger partial charge is 0.466 e. The molecule has 0 radical (unpaired) electrons. The molecule has 55 heavy (non-hydrogen) atoms. The third-order valence-electron chi connectivity index (χ3n) is 11.0. The predicted octanol–water partition coefficient (Wildman–Crippen LogP) is 14.0. The molecule has 0 aliphatic rings. The molecule has 0 bridgehead atoms. The van der Waals surface area contributed by atoms with Gasteiger partial charge in [-0.1, -0.05) is 205 Å². The van der Waals surface area contributed by atoms with Crippen LogP contribution in [0.15, 0.2) is 24.3 Å². The maximum absolute atomic E-state index is 12.4. The van der Waals surface area contributed by atoms with Crippen LogP contribution in [0.2, 0.25) is 0 Å². The Labute approximate surface area is 341 Å². The van der Waals surface area contributed by atoms with Crippen molar-refractivity contribution in [2.45, 2.75) is 264 Å². The van der Waals surface area contributed by atoms with E-state index < -0.39 is 12.1 Å². The lowest BCUT2D eigenvalue weighted by Crippen LogP contribution is -2.45. The van der Waals surface area contributed by atoms with Gasteiger partial charge in [-0.3, -0.25) is 9.59 Å². The quantitative estimate of drug-likeness (QED) is 0.0325. The average Bonchev–Trinajstić information content (AvgIpc) is 3.18. The molecule has 1 amide bonds. The minimum atomic E-state index is -0.675. The van der Waals surface area contributed by atoms with Crippen molar-refractivity contribution in [1.29, 1.82) is 0 Å². The number of aliphatic hydroxyl groups excluding tert-OH is 2. The van der Waals surface area contributed by atoms with Gasteiger partial charge in [0, 0.05) is 12.8 Å². The van der Waals surface area contributed by atoms with Crippen LogP contribution in [0.3, 0.4) is 0 Å². The molecule has 3 N–H and O–H groups in total. The first-order chi connectivity index (χ1) is 27.0. The number of esters is 1. The number of aliphatic hydroxyl groups is 2. The molecule has 0 aromatic heterocycles. The Bertz CT molecular complexity index is 858. The highest BCUT2D eigenvalue weighted by Crippen LogP contribution is 2.15. The fraction of sp³-hybridized carbons (Fsp3) is 0.878. The van der Waals surface area contributed by atoms with Gasteiger partial charge in [0.2, 0.25) is 5.91 Å². The number of rotatable bonds is 44.